The Balaban J connectivity index is 1.76. The molecule has 0 saturated carbocycles. The fraction of sp³-hybridized carbons (Fsp3) is 0.300. The van der Waals surface area contributed by atoms with Crippen molar-refractivity contribution in [3.63, 3.8) is 0 Å². The summed E-state index contributed by atoms with van der Waals surface area (Å²) in [7, 11) is 1.75. The second-order valence-corrected chi connectivity index (χ2v) is 7.25. The molecular weight excluding hydrogens is 413 g/mol. The lowest BCUT2D eigenvalue weighted by Gasteiger charge is -2.18. The van der Waals surface area contributed by atoms with Crippen molar-refractivity contribution >= 4 is 35.2 Å². The number of hydrogen-bond acceptors (Lipinski definition) is 5. The zero-order valence-electron chi connectivity index (χ0n) is 16.4. The van der Waals surface area contributed by atoms with Gasteiger partial charge in [0.2, 0.25) is 17.7 Å². The number of benzene rings is 1. The fourth-order valence-electron chi connectivity index (χ4n) is 2.86. The zero-order valence-corrected chi connectivity index (χ0v) is 17.9. The molecule has 2 aromatic heterocycles. The van der Waals surface area contributed by atoms with Crippen LogP contribution in [0.2, 0.25) is 10.2 Å². The number of carbonyl (C=O) groups is 1. The average molecular weight is 434 g/mol. The van der Waals surface area contributed by atoms with Crippen LogP contribution in [0.25, 0.3) is 17.5 Å². The van der Waals surface area contributed by atoms with Crippen LogP contribution in [0.1, 0.15) is 30.5 Å². The van der Waals surface area contributed by atoms with Gasteiger partial charge in [0.25, 0.3) is 0 Å². The summed E-state index contributed by atoms with van der Waals surface area (Å²) in [5.41, 5.74) is 2.13. The van der Waals surface area contributed by atoms with E-state index in [-0.39, 0.29) is 12.5 Å². The van der Waals surface area contributed by atoms with E-state index in [1.54, 1.807) is 34.8 Å². The molecular formula is C20H21Cl2N5O2. The third-order valence-corrected chi connectivity index (χ3v) is 5.07. The highest BCUT2D eigenvalue weighted by Gasteiger charge is 2.17. The van der Waals surface area contributed by atoms with Crippen molar-refractivity contribution in [1.82, 2.24) is 24.9 Å². The van der Waals surface area contributed by atoms with E-state index in [1.165, 1.54) is 6.08 Å². The molecule has 0 fully saturated rings. The van der Waals surface area contributed by atoms with E-state index in [2.05, 4.69) is 15.3 Å². The van der Waals surface area contributed by atoms with Gasteiger partial charge in [-0.25, -0.2) is 0 Å². The molecule has 9 heteroatoms. The molecule has 0 aliphatic rings. The molecule has 2 heterocycles. The van der Waals surface area contributed by atoms with Crippen molar-refractivity contribution < 1.29 is 9.21 Å². The molecule has 3 aromatic rings. The summed E-state index contributed by atoms with van der Waals surface area (Å²) < 4.78 is 7.29. The highest BCUT2D eigenvalue weighted by molar-refractivity contribution is 6.33. The molecule has 0 aliphatic carbocycles. The largest absolute Gasteiger partial charge is 0.419 e. The van der Waals surface area contributed by atoms with Crippen molar-refractivity contribution in [1.29, 1.82) is 0 Å². The molecule has 152 valence electrons. The van der Waals surface area contributed by atoms with Gasteiger partial charge in [-0.05, 0) is 31.6 Å². The third kappa shape index (κ3) is 4.86. The van der Waals surface area contributed by atoms with E-state index in [4.69, 9.17) is 27.6 Å². The van der Waals surface area contributed by atoms with Crippen molar-refractivity contribution in [2.45, 2.75) is 26.8 Å². The van der Waals surface area contributed by atoms with Crippen LogP contribution in [0.3, 0.4) is 0 Å². The van der Waals surface area contributed by atoms with Crippen LogP contribution in [-0.2, 0) is 18.4 Å². The number of carbonyl (C=O) groups excluding carboxylic acids is 1. The number of rotatable bonds is 7. The monoisotopic (exact) mass is 433 g/mol. The van der Waals surface area contributed by atoms with Crippen LogP contribution in [0.4, 0.5) is 0 Å². The molecule has 0 bridgehead atoms. The van der Waals surface area contributed by atoms with Gasteiger partial charge < -0.3 is 9.32 Å². The first-order valence-corrected chi connectivity index (χ1v) is 9.89. The molecule has 0 spiro atoms. The first-order chi connectivity index (χ1) is 13.9. The maximum Gasteiger partial charge on any atom is 0.249 e. The summed E-state index contributed by atoms with van der Waals surface area (Å²) in [6, 6.07) is 7.23. The van der Waals surface area contributed by atoms with Gasteiger partial charge in [-0.1, -0.05) is 42.3 Å². The Kier molecular flexibility index (Phi) is 6.71. The second-order valence-electron chi connectivity index (χ2n) is 6.49. The van der Waals surface area contributed by atoms with E-state index in [0.29, 0.717) is 34.1 Å². The molecule has 0 unspecified atom stereocenters. The summed E-state index contributed by atoms with van der Waals surface area (Å²) in [5, 5.41) is 13.4. The number of hydrogen-bond donors (Lipinski definition) is 0. The molecule has 7 nitrogen and oxygen atoms in total. The first-order valence-electron chi connectivity index (χ1n) is 9.14. The maximum absolute atomic E-state index is 12.7. The van der Waals surface area contributed by atoms with Gasteiger partial charge in [-0.2, -0.15) is 5.10 Å². The third-order valence-electron chi connectivity index (χ3n) is 4.29. The number of amides is 1. The molecule has 0 radical (unpaired) electrons. The van der Waals surface area contributed by atoms with Gasteiger partial charge in [-0.3, -0.25) is 9.48 Å². The molecule has 29 heavy (non-hydrogen) atoms. The Morgan fingerprint density at radius 1 is 1.28 bits per heavy atom. The quantitative estimate of drug-likeness (QED) is 0.511. The Morgan fingerprint density at radius 3 is 2.69 bits per heavy atom. The smallest absolute Gasteiger partial charge is 0.249 e. The maximum atomic E-state index is 12.7. The van der Waals surface area contributed by atoms with Crippen molar-refractivity contribution in [2.75, 3.05) is 6.54 Å². The minimum absolute atomic E-state index is 0.177. The molecule has 0 atom stereocenters. The van der Waals surface area contributed by atoms with E-state index >= 15 is 0 Å². The SMILES string of the molecule is CCCN(Cc1nnc(-c2ccccc2Cl)o1)C(=O)/C=C/c1c(C)nn(C)c1Cl. The number of aryl methyl sites for hydroxylation is 2. The number of aromatic nitrogens is 4. The van der Waals surface area contributed by atoms with E-state index < -0.39 is 0 Å². The van der Waals surface area contributed by atoms with Crippen molar-refractivity contribution in [2.24, 2.45) is 7.05 Å². The molecule has 0 N–H and O–H groups in total. The lowest BCUT2D eigenvalue weighted by atomic mass is 10.2. The predicted octanol–water partition coefficient (Wildman–Crippen LogP) is 4.54. The minimum atomic E-state index is -0.177. The highest BCUT2D eigenvalue weighted by Crippen LogP contribution is 2.26. The van der Waals surface area contributed by atoms with Crippen molar-refractivity contribution in [3.05, 3.63) is 57.7 Å². The molecule has 0 saturated heterocycles. The van der Waals surface area contributed by atoms with Gasteiger partial charge in [0.15, 0.2) is 0 Å². The van der Waals surface area contributed by atoms with Crippen LogP contribution in [0.5, 0.6) is 0 Å². The van der Waals surface area contributed by atoms with Crippen LogP contribution in [0, 0.1) is 6.92 Å². The Hall–Kier alpha value is -2.64. The van der Waals surface area contributed by atoms with E-state index in [9.17, 15) is 4.79 Å². The van der Waals surface area contributed by atoms with Gasteiger partial charge in [0.05, 0.1) is 22.8 Å². The first kappa shape index (κ1) is 21.1. The van der Waals surface area contributed by atoms with Crippen LogP contribution in [0.15, 0.2) is 34.8 Å². The topological polar surface area (TPSA) is 77.1 Å². The summed E-state index contributed by atoms with van der Waals surface area (Å²) in [6.07, 6.45) is 3.95. The normalized spacial score (nSPS) is 11.3. The Bertz CT molecular complexity index is 1040. The second kappa shape index (κ2) is 9.24. The zero-order chi connectivity index (χ0) is 21.0. The number of halogens is 2. The summed E-state index contributed by atoms with van der Waals surface area (Å²) in [6.45, 7) is 4.59. The van der Waals surface area contributed by atoms with Crippen LogP contribution >= 0.6 is 23.2 Å². The Morgan fingerprint density at radius 2 is 2.03 bits per heavy atom. The van der Waals surface area contributed by atoms with Crippen LogP contribution < -0.4 is 0 Å². The molecule has 0 aliphatic heterocycles. The molecule has 3 rings (SSSR count). The van der Waals surface area contributed by atoms with Gasteiger partial charge in [-0.15, -0.1) is 10.2 Å². The molecule has 1 aromatic carbocycles. The summed E-state index contributed by atoms with van der Waals surface area (Å²) >= 11 is 12.4. The predicted molar refractivity (Wildman–Crippen MR) is 112 cm³/mol. The standard InChI is InChI=1S/C20H21Cl2N5O2/c1-4-11-27(18(28)10-9-14-13(2)25-26(3)19(14)22)12-17-23-24-20(29-17)15-7-5-6-8-16(15)21/h5-10H,4,11-12H2,1-3H3/b10-9+. The Labute approximate surface area is 178 Å². The minimum Gasteiger partial charge on any atom is -0.419 e. The highest BCUT2D eigenvalue weighted by atomic mass is 35.5. The van der Waals surface area contributed by atoms with Crippen LogP contribution in [-0.4, -0.2) is 37.3 Å². The average Bonchev–Trinajstić information content (AvgIpc) is 3.24. The number of nitrogens with zero attached hydrogens (tertiary/aromatic N) is 5. The summed E-state index contributed by atoms with van der Waals surface area (Å²) in [5.74, 6) is 0.483. The lowest BCUT2D eigenvalue weighted by molar-refractivity contribution is -0.126. The van der Waals surface area contributed by atoms with E-state index in [1.807, 2.05) is 26.0 Å². The van der Waals surface area contributed by atoms with Gasteiger partial charge in [0, 0.05) is 25.2 Å². The fourth-order valence-corrected chi connectivity index (χ4v) is 3.31. The van der Waals surface area contributed by atoms with Gasteiger partial charge >= 0.3 is 0 Å². The van der Waals surface area contributed by atoms with Crippen molar-refractivity contribution in [3.8, 4) is 11.5 Å². The van der Waals surface area contributed by atoms with Gasteiger partial charge in [0.1, 0.15) is 5.15 Å². The lowest BCUT2D eigenvalue weighted by Crippen LogP contribution is -2.29. The van der Waals surface area contributed by atoms with E-state index in [0.717, 1.165) is 17.7 Å². The molecule has 1 amide bonds. The summed E-state index contributed by atoms with van der Waals surface area (Å²) in [4.78, 5) is 14.4.